The first-order valence-corrected chi connectivity index (χ1v) is 8.54. The van der Waals surface area contributed by atoms with Crippen LogP contribution < -0.4 is 0 Å². The zero-order valence-corrected chi connectivity index (χ0v) is 14.3. The number of ether oxygens (including phenoxy) is 1. The average Bonchev–Trinajstić information content (AvgIpc) is 2.30. The van der Waals surface area contributed by atoms with Gasteiger partial charge in [0.25, 0.3) is 0 Å². The molecule has 0 N–H and O–H groups in total. The van der Waals surface area contributed by atoms with Crippen molar-refractivity contribution in [2.24, 2.45) is 0 Å². The Labute approximate surface area is 126 Å². The second kappa shape index (κ2) is 6.20. The molecule has 1 atom stereocenters. The fourth-order valence-corrected chi connectivity index (χ4v) is 2.50. The molecule has 0 bridgehead atoms. The maximum atomic E-state index is 12.1. The molecule has 1 fully saturated rings. The number of esters is 1. The summed E-state index contributed by atoms with van der Waals surface area (Å²) < 4.78 is 6.25. The van der Waals surface area contributed by atoms with E-state index in [9.17, 15) is 4.79 Å². The van der Waals surface area contributed by atoms with Crippen molar-refractivity contribution in [2.45, 2.75) is 61.4 Å². The lowest BCUT2D eigenvalue weighted by Gasteiger charge is -2.37. The highest BCUT2D eigenvalue weighted by Crippen LogP contribution is 2.36. The molecule has 0 heterocycles. The first kappa shape index (κ1) is 15.0. The maximum absolute atomic E-state index is 12.1. The van der Waals surface area contributed by atoms with Gasteiger partial charge in [0.05, 0.1) is 0 Å². The van der Waals surface area contributed by atoms with Crippen molar-refractivity contribution in [1.82, 2.24) is 0 Å². The van der Waals surface area contributed by atoms with Gasteiger partial charge in [-0.2, -0.15) is 0 Å². The zero-order valence-electron chi connectivity index (χ0n) is 10.0. The molecule has 0 aromatic carbocycles. The molecule has 1 saturated carbocycles. The quantitative estimate of drug-likeness (QED) is 0.364. The van der Waals surface area contributed by atoms with E-state index in [1.165, 1.54) is 19.3 Å². The van der Waals surface area contributed by atoms with E-state index >= 15 is 0 Å². The summed E-state index contributed by atoms with van der Waals surface area (Å²) in [4.78, 5) is 12.1. The predicted octanol–water partition coefficient (Wildman–Crippen LogP) is 4.27. The minimum Gasteiger partial charge on any atom is -0.458 e. The van der Waals surface area contributed by atoms with Crippen molar-refractivity contribution in [3.63, 3.8) is 0 Å². The van der Waals surface area contributed by atoms with Crippen molar-refractivity contribution in [3.05, 3.63) is 0 Å². The topological polar surface area (TPSA) is 26.3 Å². The molecule has 0 spiro atoms. The number of carbonyl (C=O) groups excluding carboxylic acids is 1. The van der Waals surface area contributed by atoms with E-state index < -0.39 is 0 Å². The standard InChI is InChI=1S/C12H20I2O2/c1-3-12(7-5-4-6-8-12)16-10(15)11(2,14)9-13/h3-9H2,1-2H3. The molecule has 94 valence electrons. The lowest BCUT2D eigenvalue weighted by Crippen LogP contribution is -2.43. The van der Waals surface area contributed by atoms with Crippen LogP contribution >= 0.6 is 45.2 Å². The minimum absolute atomic E-state index is 0.0359. The summed E-state index contributed by atoms with van der Waals surface area (Å²) in [5, 5.41) is 0. The van der Waals surface area contributed by atoms with Crippen LogP contribution in [0.3, 0.4) is 0 Å². The third kappa shape index (κ3) is 3.71. The molecule has 1 aliphatic rings. The van der Waals surface area contributed by atoms with Gasteiger partial charge in [-0.1, -0.05) is 58.5 Å². The van der Waals surface area contributed by atoms with Gasteiger partial charge in [0.2, 0.25) is 0 Å². The van der Waals surface area contributed by atoms with E-state index in [2.05, 4.69) is 52.1 Å². The Morgan fingerprint density at radius 1 is 1.38 bits per heavy atom. The number of rotatable bonds is 4. The average molecular weight is 450 g/mol. The van der Waals surface area contributed by atoms with Crippen LogP contribution in [0.2, 0.25) is 0 Å². The number of hydrogen-bond acceptors (Lipinski definition) is 2. The second-order valence-corrected chi connectivity index (χ2v) is 7.96. The van der Waals surface area contributed by atoms with E-state index in [4.69, 9.17) is 4.74 Å². The van der Waals surface area contributed by atoms with Gasteiger partial charge in [0.15, 0.2) is 0 Å². The molecule has 0 aliphatic heterocycles. The van der Waals surface area contributed by atoms with Crippen LogP contribution in [0.4, 0.5) is 0 Å². The molecule has 1 rings (SSSR count). The fourth-order valence-electron chi connectivity index (χ4n) is 2.08. The first-order valence-electron chi connectivity index (χ1n) is 5.94. The SMILES string of the molecule is CCC1(OC(=O)C(C)(I)CI)CCCCC1. The lowest BCUT2D eigenvalue weighted by atomic mass is 9.82. The zero-order chi connectivity index (χ0) is 12.2. The van der Waals surface area contributed by atoms with E-state index in [0.717, 1.165) is 23.7 Å². The Balaban J connectivity index is 2.66. The summed E-state index contributed by atoms with van der Waals surface area (Å²) >= 11 is 4.45. The molecule has 1 aliphatic carbocycles. The molecule has 0 saturated heterocycles. The summed E-state index contributed by atoms with van der Waals surface area (Å²) in [6.45, 7) is 4.09. The molecular formula is C12H20I2O2. The van der Waals surface area contributed by atoms with Gasteiger partial charge in [-0.3, -0.25) is 4.79 Å². The van der Waals surface area contributed by atoms with Gasteiger partial charge in [0, 0.05) is 4.43 Å². The maximum Gasteiger partial charge on any atom is 0.323 e. The summed E-state index contributed by atoms with van der Waals surface area (Å²) in [6.07, 6.45) is 6.72. The largest absolute Gasteiger partial charge is 0.458 e. The molecule has 0 aromatic rings. The molecule has 0 amide bonds. The van der Waals surface area contributed by atoms with Crippen LogP contribution in [0.15, 0.2) is 0 Å². The highest BCUT2D eigenvalue weighted by molar-refractivity contribution is 14.1. The molecule has 2 nitrogen and oxygen atoms in total. The number of halogens is 2. The molecule has 0 aromatic heterocycles. The number of hydrogen-bond donors (Lipinski definition) is 0. The van der Waals surface area contributed by atoms with Crippen molar-refractivity contribution in [1.29, 1.82) is 0 Å². The molecule has 1 unspecified atom stereocenters. The Morgan fingerprint density at radius 3 is 2.38 bits per heavy atom. The van der Waals surface area contributed by atoms with Gasteiger partial charge in [-0.25, -0.2) is 0 Å². The van der Waals surface area contributed by atoms with Crippen molar-refractivity contribution < 1.29 is 9.53 Å². The van der Waals surface area contributed by atoms with Gasteiger partial charge in [-0.05, 0) is 39.0 Å². The lowest BCUT2D eigenvalue weighted by molar-refractivity contribution is -0.165. The van der Waals surface area contributed by atoms with Gasteiger partial charge in [-0.15, -0.1) is 0 Å². The third-order valence-corrected chi connectivity index (χ3v) is 7.20. The summed E-state index contributed by atoms with van der Waals surface area (Å²) in [7, 11) is 0. The molecular weight excluding hydrogens is 430 g/mol. The van der Waals surface area contributed by atoms with Crippen molar-refractivity contribution in [2.75, 3.05) is 4.43 Å². The van der Waals surface area contributed by atoms with E-state index in [0.29, 0.717) is 0 Å². The molecule has 16 heavy (non-hydrogen) atoms. The van der Waals surface area contributed by atoms with Gasteiger partial charge in [0.1, 0.15) is 9.02 Å². The summed E-state index contributed by atoms with van der Waals surface area (Å²) in [6, 6.07) is 0. The van der Waals surface area contributed by atoms with Crippen LogP contribution in [0.25, 0.3) is 0 Å². The van der Waals surface area contributed by atoms with E-state index in [-0.39, 0.29) is 15.0 Å². The third-order valence-electron chi connectivity index (χ3n) is 3.39. The predicted molar refractivity (Wildman–Crippen MR) is 83.5 cm³/mol. The van der Waals surface area contributed by atoms with Crippen LogP contribution in [0.1, 0.15) is 52.4 Å². The first-order chi connectivity index (χ1) is 7.46. The summed E-state index contributed by atoms with van der Waals surface area (Å²) in [5.41, 5.74) is -0.159. The van der Waals surface area contributed by atoms with E-state index in [1.54, 1.807) is 0 Å². The number of carbonyl (C=O) groups is 1. The van der Waals surface area contributed by atoms with Gasteiger partial charge >= 0.3 is 5.97 Å². The normalized spacial score (nSPS) is 23.5. The Bertz CT molecular complexity index is 245. The number of alkyl halides is 2. The van der Waals surface area contributed by atoms with Crippen LogP contribution in [0.5, 0.6) is 0 Å². The Morgan fingerprint density at radius 2 is 1.94 bits per heavy atom. The smallest absolute Gasteiger partial charge is 0.323 e. The second-order valence-electron chi connectivity index (χ2n) is 4.82. The van der Waals surface area contributed by atoms with Crippen LogP contribution in [0, 0.1) is 0 Å². The van der Waals surface area contributed by atoms with Crippen LogP contribution in [-0.2, 0) is 9.53 Å². The Hall–Kier alpha value is 0.930. The van der Waals surface area contributed by atoms with Gasteiger partial charge < -0.3 is 4.74 Å². The van der Waals surface area contributed by atoms with Crippen LogP contribution in [-0.4, -0.2) is 19.4 Å². The molecule has 0 radical (unpaired) electrons. The minimum atomic E-state index is -0.377. The monoisotopic (exact) mass is 450 g/mol. The van der Waals surface area contributed by atoms with Crippen molar-refractivity contribution >= 4 is 51.2 Å². The van der Waals surface area contributed by atoms with E-state index in [1.807, 2.05) is 6.92 Å². The Kier molecular flexibility index (Phi) is 5.81. The molecule has 4 heteroatoms. The summed E-state index contributed by atoms with van der Waals surface area (Å²) in [5.74, 6) is -0.0359. The highest BCUT2D eigenvalue weighted by atomic mass is 127. The fraction of sp³-hybridized carbons (Fsp3) is 0.917. The highest BCUT2D eigenvalue weighted by Gasteiger charge is 2.39. The van der Waals surface area contributed by atoms with Crippen molar-refractivity contribution in [3.8, 4) is 0 Å².